The third kappa shape index (κ3) is 4.16. The normalized spacial score (nSPS) is 21.8. The van der Waals surface area contributed by atoms with Gasteiger partial charge in [0.15, 0.2) is 0 Å². The average molecular weight is 229 g/mol. The maximum absolute atomic E-state index is 11.3. The quantitative estimate of drug-likeness (QED) is 0.735. The zero-order chi connectivity index (χ0) is 11.3. The topological polar surface area (TPSA) is 38.3 Å². The van der Waals surface area contributed by atoms with Crippen molar-refractivity contribution in [3.63, 3.8) is 0 Å². The Bertz CT molecular complexity index is 253. The first-order valence-electron chi connectivity index (χ1n) is 5.39. The van der Waals surface area contributed by atoms with Gasteiger partial charge in [-0.15, -0.1) is 11.8 Å². The van der Waals surface area contributed by atoms with Crippen LogP contribution in [0.1, 0.15) is 33.6 Å². The molecule has 0 spiro atoms. The van der Waals surface area contributed by atoms with Crippen molar-refractivity contribution in [2.45, 2.75) is 39.0 Å². The van der Waals surface area contributed by atoms with Gasteiger partial charge in [-0.3, -0.25) is 4.79 Å². The molecule has 86 valence electrons. The smallest absolute Gasteiger partial charge is 0.308 e. The van der Waals surface area contributed by atoms with Crippen LogP contribution in [0.3, 0.4) is 0 Å². The van der Waals surface area contributed by atoms with E-state index in [1.54, 1.807) is 0 Å². The van der Waals surface area contributed by atoms with Crippen molar-refractivity contribution in [1.29, 1.82) is 0 Å². The molecule has 2 unspecified atom stereocenters. The number of carbonyl (C=O) groups excluding carboxylic acids is 1. The molecular weight excluding hydrogens is 210 g/mol. The number of carbonyl (C=O) groups is 1. The molecule has 0 amide bonds. The molecule has 0 bridgehead atoms. The first-order valence-corrected chi connectivity index (χ1v) is 6.27. The molecule has 1 heterocycles. The molecule has 0 fully saturated rings. The number of nitrogens with one attached hydrogen (secondary N) is 1. The van der Waals surface area contributed by atoms with Gasteiger partial charge < -0.3 is 10.1 Å². The van der Waals surface area contributed by atoms with E-state index in [-0.39, 0.29) is 11.9 Å². The standard InChI is InChI=1S/C11H19NO2S/c1-4-14-11(13)8(2)5-6-10-12-7-9(3)15-10/h7-8,10,12H,4-6H2,1-3H3. The monoisotopic (exact) mass is 229 g/mol. The second-order valence-corrected chi connectivity index (χ2v) is 5.21. The Morgan fingerprint density at radius 1 is 1.73 bits per heavy atom. The molecule has 0 saturated heterocycles. The van der Waals surface area contributed by atoms with Gasteiger partial charge in [-0.2, -0.15) is 0 Å². The van der Waals surface area contributed by atoms with Crippen LogP contribution >= 0.6 is 11.8 Å². The summed E-state index contributed by atoms with van der Waals surface area (Å²) in [6.45, 7) is 6.33. The van der Waals surface area contributed by atoms with Crippen molar-refractivity contribution in [2.24, 2.45) is 5.92 Å². The lowest BCUT2D eigenvalue weighted by molar-refractivity contribution is -0.147. The van der Waals surface area contributed by atoms with Gasteiger partial charge in [0.25, 0.3) is 0 Å². The number of hydrogen-bond acceptors (Lipinski definition) is 4. The molecule has 1 rings (SSSR count). The molecule has 1 aliphatic heterocycles. The van der Waals surface area contributed by atoms with Crippen LogP contribution in [0.25, 0.3) is 0 Å². The lowest BCUT2D eigenvalue weighted by Gasteiger charge is -2.14. The summed E-state index contributed by atoms with van der Waals surface area (Å²) in [6, 6.07) is 0. The number of esters is 1. The fraction of sp³-hybridized carbons (Fsp3) is 0.727. The van der Waals surface area contributed by atoms with Crippen LogP contribution in [0, 0.1) is 5.92 Å². The molecule has 0 saturated carbocycles. The molecule has 4 heteroatoms. The first-order chi connectivity index (χ1) is 7.13. The zero-order valence-corrected chi connectivity index (χ0v) is 10.4. The van der Waals surface area contributed by atoms with Crippen molar-refractivity contribution in [3.05, 3.63) is 11.1 Å². The number of thioether (sulfide) groups is 1. The Morgan fingerprint density at radius 3 is 3.00 bits per heavy atom. The summed E-state index contributed by atoms with van der Waals surface area (Å²) in [6.07, 6.45) is 3.91. The minimum absolute atomic E-state index is 0.00764. The molecule has 0 aromatic heterocycles. The van der Waals surface area contributed by atoms with Crippen LogP contribution in [0.2, 0.25) is 0 Å². The molecule has 3 nitrogen and oxygen atoms in total. The average Bonchev–Trinajstić information content (AvgIpc) is 2.61. The van der Waals surface area contributed by atoms with E-state index in [1.165, 1.54) is 4.91 Å². The van der Waals surface area contributed by atoms with Gasteiger partial charge in [0, 0.05) is 6.20 Å². The van der Waals surface area contributed by atoms with Gasteiger partial charge in [-0.05, 0) is 31.6 Å². The van der Waals surface area contributed by atoms with E-state index in [9.17, 15) is 4.79 Å². The SMILES string of the molecule is CCOC(=O)C(C)CCC1NC=C(C)S1. The van der Waals surface area contributed by atoms with Crippen LogP contribution in [-0.4, -0.2) is 18.0 Å². The minimum Gasteiger partial charge on any atom is -0.466 e. The molecule has 0 aromatic carbocycles. The largest absolute Gasteiger partial charge is 0.466 e. The van der Waals surface area contributed by atoms with Crippen LogP contribution in [0.4, 0.5) is 0 Å². The Balaban J connectivity index is 2.17. The summed E-state index contributed by atoms with van der Waals surface area (Å²) in [7, 11) is 0. The highest BCUT2D eigenvalue weighted by Gasteiger charge is 2.19. The molecular formula is C11H19NO2S. The van der Waals surface area contributed by atoms with Crippen molar-refractivity contribution >= 4 is 17.7 Å². The Hall–Kier alpha value is -0.640. The summed E-state index contributed by atoms with van der Waals surface area (Å²) < 4.78 is 4.96. The van der Waals surface area contributed by atoms with Crippen molar-refractivity contribution in [3.8, 4) is 0 Å². The lowest BCUT2D eigenvalue weighted by Crippen LogP contribution is -2.20. The Kier molecular flexibility index (Phi) is 5.02. The maximum atomic E-state index is 11.3. The number of rotatable bonds is 5. The van der Waals surface area contributed by atoms with E-state index in [1.807, 2.05) is 31.8 Å². The number of ether oxygens (including phenoxy) is 1. The van der Waals surface area contributed by atoms with Crippen LogP contribution < -0.4 is 5.32 Å². The van der Waals surface area contributed by atoms with Crippen molar-refractivity contribution in [2.75, 3.05) is 6.61 Å². The fourth-order valence-electron chi connectivity index (χ4n) is 1.45. The zero-order valence-electron chi connectivity index (χ0n) is 9.58. The Morgan fingerprint density at radius 2 is 2.47 bits per heavy atom. The second kappa shape index (κ2) is 6.05. The van der Waals surface area contributed by atoms with Crippen molar-refractivity contribution < 1.29 is 9.53 Å². The highest BCUT2D eigenvalue weighted by atomic mass is 32.2. The third-order valence-electron chi connectivity index (χ3n) is 2.35. The van der Waals surface area contributed by atoms with E-state index in [4.69, 9.17) is 4.74 Å². The van der Waals surface area contributed by atoms with Gasteiger partial charge in [0.05, 0.1) is 17.9 Å². The van der Waals surface area contributed by atoms with Gasteiger partial charge in [0.2, 0.25) is 0 Å². The molecule has 1 aliphatic rings. The summed E-state index contributed by atoms with van der Waals surface area (Å²) in [5.74, 6) is -0.0709. The van der Waals surface area contributed by atoms with E-state index in [0.29, 0.717) is 12.0 Å². The highest BCUT2D eigenvalue weighted by molar-refractivity contribution is 8.03. The maximum Gasteiger partial charge on any atom is 0.308 e. The van der Waals surface area contributed by atoms with Gasteiger partial charge in [-0.1, -0.05) is 6.92 Å². The summed E-state index contributed by atoms with van der Waals surface area (Å²) in [4.78, 5) is 12.7. The predicted molar refractivity (Wildman–Crippen MR) is 63.3 cm³/mol. The number of allylic oxidation sites excluding steroid dienone is 1. The van der Waals surface area contributed by atoms with Gasteiger partial charge in [-0.25, -0.2) is 0 Å². The molecule has 0 aliphatic carbocycles. The highest BCUT2D eigenvalue weighted by Crippen LogP contribution is 2.28. The van der Waals surface area contributed by atoms with Crippen LogP contribution in [0.5, 0.6) is 0 Å². The Labute approximate surface area is 95.6 Å². The predicted octanol–water partition coefficient (Wildman–Crippen LogP) is 2.49. The van der Waals surface area contributed by atoms with E-state index < -0.39 is 0 Å². The van der Waals surface area contributed by atoms with E-state index in [0.717, 1.165) is 12.8 Å². The number of hydrogen-bond donors (Lipinski definition) is 1. The molecule has 2 atom stereocenters. The molecule has 0 radical (unpaired) electrons. The van der Waals surface area contributed by atoms with E-state index >= 15 is 0 Å². The molecule has 0 aromatic rings. The lowest BCUT2D eigenvalue weighted by atomic mass is 10.1. The van der Waals surface area contributed by atoms with Crippen LogP contribution in [0.15, 0.2) is 11.1 Å². The van der Waals surface area contributed by atoms with Gasteiger partial charge in [0.1, 0.15) is 0 Å². The summed E-state index contributed by atoms with van der Waals surface area (Å²) in [5.41, 5.74) is 0. The van der Waals surface area contributed by atoms with Crippen molar-refractivity contribution in [1.82, 2.24) is 5.32 Å². The fourth-order valence-corrected chi connectivity index (χ4v) is 2.42. The molecule has 1 N–H and O–H groups in total. The minimum atomic E-state index is -0.0785. The summed E-state index contributed by atoms with van der Waals surface area (Å²) >= 11 is 1.83. The van der Waals surface area contributed by atoms with Crippen LogP contribution in [-0.2, 0) is 9.53 Å². The first kappa shape index (κ1) is 12.4. The van der Waals surface area contributed by atoms with E-state index in [2.05, 4.69) is 12.2 Å². The summed E-state index contributed by atoms with van der Waals surface area (Å²) in [5, 5.41) is 3.71. The second-order valence-electron chi connectivity index (χ2n) is 3.76. The molecule has 15 heavy (non-hydrogen) atoms. The van der Waals surface area contributed by atoms with Gasteiger partial charge >= 0.3 is 5.97 Å². The third-order valence-corrected chi connectivity index (χ3v) is 3.50.